The van der Waals surface area contributed by atoms with Crippen molar-refractivity contribution in [3.8, 4) is 22.3 Å². The molecule has 2 heterocycles. The van der Waals surface area contributed by atoms with Crippen LogP contribution >= 0.6 is 8.86 Å². The van der Waals surface area contributed by atoms with Gasteiger partial charge in [-0.1, -0.05) is 91.0 Å². The van der Waals surface area contributed by atoms with Crippen LogP contribution in [0.1, 0.15) is 44.4 Å². The molecule has 1 aliphatic heterocycles. The summed E-state index contributed by atoms with van der Waals surface area (Å²) in [5.41, 5.74) is 9.90. The summed E-state index contributed by atoms with van der Waals surface area (Å²) >= 11 is 0. The maximum absolute atomic E-state index is 6.60. The van der Waals surface area contributed by atoms with Crippen molar-refractivity contribution in [3.63, 3.8) is 0 Å². The molecule has 3 nitrogen and oxygen atoms in total. The Morgan fingerprint density at radius 2 is 1.30 bits per heavy atom. The Morgan fingerprint density at radius 3 is 2.07 bits per heavy atom. The smallest absolute Gasteiger partial charge is 0.456 e. The van der Waals surface area contributed by atoms with Gasteiger partial charge in [0, 0.05) is 16.2 Å². The zero-order chi connectivity index (χ0) is 29.6. The van der Waals surface area contributed by atoms with Crippen molar-refractivity contribution < 1.29 is 13.7 Å². The molecule has 210 valence electrons. The first-order chi connectivity index (χ1) is 20.7. The predicted molar refractivity (Wildman–Crippen MR) is 181 cm³/mol. The number of rotatable bonds is 4. The average Bonchev–Trinajstić information content (AvgIpc) is 3.61. The number of benzene rings is 5. The summed E-state index contributed by atoms with van der Waals surface area (Å²) < 4.78 is 19.4. The number of para-hydroxylation sites is 1. The topological polar surface area (TPSA) is 31.6 Å². The van der Waals surface area contributed by atoms with Crippen molar-refractivity contribution >= 4 is 49.2 Å². The largest absolute Gasteiger partial charge is 0.498 e. The third kappa shape index (κ3) is 3.74. The molecule has 2 aliphatic rings. The molecule has 5 heteroatoms. The Kier molecular flexibility index (Phi) is 5.75. The van der Waals surface area contributed by atoms with E-state index in [1.54, 1.807) is 0 Å². The minimum atomic E-state index is -0.487. The summed E-state index contributed by atoms with van der Waals surface area (Å²) in [6.07, 6.45) is 0. The molecule has 1 fully saturated rings. The van der Waals surface area contributed by atoms with Gasteiger partial charge in [0.15, 0.2) is 0 Å². The normalized spacial score (nSPS) is 20.0. The van der Waals surface area contributed by atoms with E-state index < -0.39 is 23.7 Å². The van der Waals surface area contributed by atoms with E-state index in [9.17, 15) is 0 Å². The first-order valence-electron chi connectivity index (χ1n) is 14.9. The molecule has 43 heavy (non-hydrogen) atoms. The summed E-state index contributed by atoms with van der Waals surface area (Å²) in [4.78, 5) is 0. The van der Waals surface area contributed by atoms with Crippen LogP contribution < -0.4 is 5.46 Å². The number of hydrogen-bond donors (Lipinski definition) is 0. The van der Waals surface area contributed by atoms with Crippen molar-refractivity contribution in [1.29, 1.82) is 0 Å². The van der Waals surface area contributed by atoms with Crippen molar-refractivity contribution in [1.82, 2.24) is 0 Å². The molecule has 0 spiro atoms. The van der Waals surface area contributed by atoms with Gasteiger partial charge in [-0.05, 0) is 90.6 Å². The van der Waals surface area contributed by atoms with Crippen LogP contribution in [0.4, 0.5) is 0 Å². The molecule has 0 amide bonds. The van der Waals surface area contributed by atoms with Crippen molar-refractivity contribution in [3.05, 3.63) is 126 Å². The molecule has 6 aromatic rings. The van der Waals surface area contributed by atoms with Gasteiger partial charge >= 0.3 is 7.12 Å². The second-order valence-electron chi connectivity index (χ2n) is 12.7. The SMILES string of the molecule is CC1(C)OB(c2cccc3c2oc2cc(-c4ccc5c(c4)C(C=P)(c4ccccc4)c4ccccc4-5)ccc23)OC1(C)C. The standard InChI is InChI=1S/C38H32BO3P/c1-36(2)37(3,4)42-39(41-36)33-16-10-14-30-29-20-18-25(22-34(29)40-35(30)33)24-17-19-28-27-13-8-9-15-31(27)38(23-43,32(28)21-24)26-11-6-5-7-12-26/h5-23,43H,1-4H3. The lowest BCUT2D eigenvalue weighted by molar-refractivity contribution is 0.00578. The van der Waals surface area contributed by atoms with E-state index in [-0.39, 0.29) is 0 Å². The van der Waals surface area contributed by atoms with Gasteiger partial charge in [0.1, 0.15) is 11.2 Å². The van der Waals surface area contributed by atoms with E-state index in [2.05, 4.69) is 145 Å². The van der Waals surface area contributed by atoms with E-state index in [1.807, 2.05) is 6.07 Å². The summed E-state index contributed by atoms with van der Waals surface area (Å²) in [6.45, 7) is 8.31. The minimum absolute atomic E-state index is 0.402. The highest BCUT2D eigenvalue weighted by Gasteiger charge is 2.52. The predicted octanol–water partition coefficient (Wildman–Crippen LogP) is 8.81. The summed E-state index contributed by atoms with van der Waals surface area (Å²) in [6, 6.07) is 39.1. The van der Waals surface area contributed by atoms with Gasteiger partial charge in [-0.15, -0.1) is 8.86 Å². The zero-order valence-corrected chi connectivity index (χ0v) is 25.8. The third-order valence-corrected chi connectivity index (χ3v) is 10.3. The van der Waals surface area contributed by atoms with E-state index in [0.29, 0.717) is 0 Å². The molecule has 1 aromatic heterocycles. The highest BCUT2D eigenvalue weighted by atomic mass is 31.0. The fraction of sp³-hybridized carbons (Fsp3) is 0.184. The fourth-order valence-electron chi connectivity index (χ4n) is 6.90. The van der Waals surface area contributed by atoms with Gasteiger partial charge in [-0.25, -0.2) is 0 Å². The first kappa shape index (κ1) is 26.7. The molecule has 0 saturated carbocycles. The molecule has 1 saturated heterocycles. The van der Waals surface area contributed by atoms with Gasteiger partial charge in [-0.3, -0.25) is 0 Å². The van der Waals surface area contributed by atoms with Gasteiger partial charge < -0.3 is 13.7 Å². The molecule has 1 aliphatic carbocycles. The van der Waals surface area contributed by atoms with Crippen LogP contribution in [0.25, 0.3) is 44.2 Å². The molecule has 0 radical (unpaired) electrons. The Bertz CT molecular complexity index is 2060. The van der Waals surface area contributed by atoms with Crippen LogP contribution in [0.2, 0.25) is 0 Å². The van der Waals surface area contributed by atoms with Crippen LogP contribution in [0, 0.1) is 0 Å². The number of furan rings is 1. The Hall–Kier alpha value is -3.95. The van der Waals surface area contributed by atoms with Gasteiger partial charge in [0.2, 0.25) is 0 Å². The molecule has 5 aromatic carbocycles. The molecule has 8 rings (SSSR count). The van der Waals surface area contributed by atoms with Gasteiger partial charge in [0.25, 0.3) is 0 Å². The zero-order valence-electron chi connectivity index (χ0n) is 24.8. The quantitative estimate of drug-likeness (QED) is 0.155. The molecular weight excluding hydrogens is 546 g/mol. The van der Waals surface area contributed by atoms with E-state index in [0.717, 1.165) is 38.5 Å². The average molecular weight is 578 g/mol. The second kappa shape index (κ2) is 9.28. The second-order valence-corrected chi connectivity index (χ2v) is 13.0. The lowest BCUT2D eigenvalue weighted by Gasteiger charge is -2.32. The Morgan fingerprint density at radius 1 is 0.628 bits per heavy atom. The minimum Gasteiger partial charge on any atom is -0.456 e. The maximum atomic E-state index is 6.60. The summed E-state index contributed by atoms with van der Waals surface area (Å²) in [5, 5.41) is 2.15. The maximum Gasteiger partial charge on any atom is 0.498 e. The van der Waals surface area contributed by atoms with Crippen LogP contribution in [-0.4, -0.2) is 24.1 Å². The van der Waals surface area contributed by atoms with Crippen LogP contribution in [0.3, 0.4) is 0 Å². The monoisotopic (exact) mass is 578 g/mol. The first-order valence-corrected chi connectivity index (χ1v) is 15.4. The number of fused-ring (bicyclic) bond motifs is 6. The summed E-state index contributed by atoms with van der Waals surface area (Å²) in [7, 11) is 3.40. The highest BCUT2D eigenvalue weighted by molar-refractivity contribution is 7.18. The van der Waals surface area contributed by atoms with Gasteiger partial charge in [-0.2, -0.15) is 0 Å². The molecule has 0 bridgehead atoms. The van der Waals surface area contributed by atoms with Gasteiger partial charge in [0.05, 0.1) is 16.6 Å². The Labute approximate surface area is 254 Å². The van der Waals surface area contributed by atoms with Crippen LogP contribution in [0.5, 0.6) is 0 Å². The third-order valence-electron chi connectivity index (χ3n) is 9.90. The lowest BCUT2D eigenvalue weighted by atomic mass is 9.74. The molecule has 0 N–H and O–H groups in total. The molecular formula is C38H32BO3P. The highest BCUT2D eigenvalue weighted by Crippen LogP contribution is 2.52. The summed E-state index contributed by atoms with van der Waals surface area (Å²) in [5.74, 6) is 2.16. The number of hydrogen-bond acceptors (Lipinski definition) is 3. The molecule has 1 unspecified atom stereocenters. The fourth-order valence-corrected chi connectivity index (χ4v) is 7.38. The Balaban J connectivity index is 1.26. The van der Waals surface area contributed by atoms with Crippen LogP contribution in [0.15, 0.2) is 114 Å². The molecule has 1 atom stereocenters. The van der Waals surface area contributed by atoms with Crippen molar-refractivity contribution in [2.24, 2.45) is 0 Å². The van der Waals surface area contributed by atoms with Crippen LogP contribution in [-0.2, 0) is 14.7 Å². The van der Waals surface area contributed by atoms with Crippen molar-refractivity contribution in [2.45, 2.75) is 44.3 Å². The van der Waals surface area contributed by atoms with E-state index in [1.165, 1.54) is 27.8 Å². The van der Waals surface area contributed by atoms with E-state index >= 15 is 0 Å². The lowest BCUT2D eigenvalue weighted by Crippen LogP contribution is -2.41. The van der Waals surface area contributed by atoms with E-state index in [4.69, 9.17) is 13.7 Å². The van der Waals surface area contributed by atoms with Crippen molar-refractivity contribution in [2.75, 3.05) is 0 Å².